The van der Waals surface area contributed by atoms with Gasteiger partial charge in [0, 0.05) is 32.4 Å². The van der Waals surface area contributed by atoms with Crippen LogP contribution in [-0.4, -0.2) is 33.4 Å². The van der Waals surface area contributed by atoms with Gasteiger partial charge in [0.05, 0.1) is 6.04 Å². The molecule has 0 fully saturated rings. The summed E-state index contributed by atoms with van der Waals surface area (Å²) in [4.78, 5) is 0. The van der Waals surface area contributed by atoms with E-state index < -0.39 is 0 Å². The van der Waals surface area contributed by atoms with Crippen LogP contribution in [0.15, 0.2) is 23.7 Å². The highest BCUT2D eigenvalue weighted by atomic mass is 19.1. The van der Waals surface area contributed by atoms with Gasteiger partial charge in [-0.25, -0.2) is 4.39 Å². The molecule has 0 spiro atoms. The van der Waals surface area contributed by atoms with Crippen LogP contribution in [0.1, 0.15) is 19.3 Å². The molecule has 16 heavy (non-hydrogen) atoms. The largest absolute Gasteiger partial charge is 0.387 e. The monoisotopic (exact) mass is 228 g/mol. The van der Waals surface area contributed by atoms with Crippen molar-refractivity contribution in [2.45, 2.75) is 25.3 Å². The molecule has 0 amide bonds. The molecule has 3 nitrogen and oxygen atoms in total. The Kier molecular flexibility index (Phi) is 6.11. The predicted molar refractivity (Wildman–Crippen MR) is 63.9 cm³/mol. The van der Waals surface area contributed by atoms with E-state index in [2.05, 4.69) is 10.6 Å². The highest BCUT2D eigenvalue weighted by molar-refractivity contribution is 5.25. The maximum atomic E-state index is 13.0. The first-order valence-corrected chi connectivity index (χ1v) is 5.74. The smallest absolute Gasteiger partial charge is 0.102 e. The van der Waals surface area contributed by atoms with Gasteiger partial charge in [-0.15, -0.1) is 0 Å². The summed E-state index contributed by atoms with van der Waals surface area (Å²) in [5.41, 5.74) is 1.07. The average molecular weight is 228 g/mol. The van der Waals surface area contributed by atoms with Crippen LogP contribution in [0.25, 0.3) is 0 Å². The zero-order chi connectivity index (χ0) is 11.8. The number of methoxy groups -OCH3 is 1. The van der Waals surface area contributed by atoms with Gasteiger partial charge in [0.15, 0.2) is 0 Å². The molecular formula is C12H21FN2O. The molecule has 1 atom stereocenters. The van der Waals surface area contributed by atoms with Gasteiger partial charge < -0.3 is 15.4 Å². The minimum absolute atomic E-state index is 0.0655. The van der Waals surface area contributed by atoms with Crippen molar-refractivity contribution in [2.75, 3.05) is 27.3 Å². The molecule has 1 rings (SSSR count). The number of nitrogens with one attached hydrogen (secondary N) is 2. The second-order valence-corrected chi connectivity index (χ2v) is 3.91. The van der Waals surface area contributed by atoms with E-state index in [-0.39, 0.29) is 11.9 Å². The summed E-state index contributed by atoms with van der Waals surface area (Å²) >= 11 is 0. The third-order valence-corrected chi connectivity index (χ3v) is 2.67. The lowest BCUT2D eigenvalue weighted by atomic mass is 10.0. The minimum Gasteiger partial charge on any atom is -0.387 e. The Bertz CT molecular complexity index is 264. The van der Waals surface area contributed by atoms with Crippen LogP contribution >= 0.6 is 0 Å². The van der Waals surface area contributed by atoms with Crippen LogP contribution in [0.5, 0.6) is 0 Å². The number of allylic oxidation sites excluding steroid dienone is 2. The lowest BCUT2D eigenvalue weighted by Gasteiger charge is -2.23. The zero-order valence-corrected chi connectivity index (χ0v) is 10.1. The van der Waals surface area contributed by atoms with E-state index in [0.717, 1.165) is 31.7 Å². The SMILES string of the molecule is CNC1CC(F)=CC=C1NCCCCOC. The van der Waals surface area contributed by atoms with Gasteiger partial charge >= 0.3 is 0 Å². The van der Waals surface area contributed by atoms with E-state index in [1.54, 1.807) is 7.11 Å². The highest BCUT2D eigenvalue weighted by Gasteiger charge is 2.16. The van der Waals surface area contributed by atoms with E-state index >= 15 is 0 Å². The van der Waals surface area contributed by atoms with Gasteiger partial charge in [0.25, 0.3) is 0 Å². The fourth-order valence-electron chi connectivity index (χ4n) is 1.71. The molecule has 0 radical (unpaired) electrons. The molecule has 0 heterocycles. The molecule has 2 N–H and O–H groups in total. The minimum atomic E-state index is -0.0655. The van der Waals surface area contributed by atoms with Gasteiger partial charge in [-0.1, -0.05) is 0 Å². The number of hydrogen-bond donors (Lipinski definition) is 2. The second-order valence-electron chi connectivity index (χ2n) is 3.91. The molecule has 0 aliphatic heterocycles. The van der Waals surface area contributed by atoms with Gasteiger partial charge in [-0.2, -0.15) is 0 Å². The molecule has 0 bridgehead atoms. The molecule has 4 heteroatoms. The first-order valence-electron chi connectivity index (χ1n) is 5.74. The van der Waals surface area contributed by atoms with E-state index in [1.807, 2.05) is 13.1 Å². The Morgan fingerprint density at radius 3 is 2.94 bits per heavy atom. The normalized spacial score (nSPS) is 20.3. The Balaban J connectivity index is 2.28. The molecule has 0 saturated heterocycles. The molecule has 0 aromatic heterocycles. The van der Waals surface area contributed by atoms with Crippen molar-refractivity contribution < 1.29 is 9.13 Å². The lowest BCUT2D eigenvalue weighted by Crippen LogP contribution is -2.36. The quantitative estimate of drug-likeness (QED) is 0.651. The van der Waals surface area contributed by atoms with E-state index in [1.165, 1.54) is 6.08 Å². The average Bonchev–Trinajstić information content (AvgIpc) is 2.30. The van der Waals surface area contributed by atoms with Crippen LogP contribution in [-0.2, 0) is 4.74 Å². The van der Waals surface area contributed by atoms with Gasteiger partial charge in [-0.05, 0) is 32.0 Å². The lowest BCUT2D eigenvalue weighted by molar-refractivity contribution is 0.193. The molecule has 1 aliphatic carbocycles. The van der Waals surface area contributed by atoms with Gasteiger partial charge in [-0.3, -0.25) is 0 Å². The Hall–Kier alpha value is -0.870. The molecule has 92 valence electrons. The molecule has 1 unspecified atom stereocenters. The topological polar surface area (TPSA) is 33.3 Å². The second kappa shape index (κ2) is 7.41. The maximum Gasteiger partial charge on any atom is 0.102 e. The van der Waals surface area contributed by atoms with Crippen molar-refractivity contribution in [3.8, 4) is 0 Å². The summed E-state index contributed by atoms with van der Waals surface area (Å²) in [5.74, 6) is -0.0655. The van der Waals surface area contributed by atoms with E-state index in [0.29, 0.717) is 6.42 Å². The number of hydrogen-bond acceptors (Lipinski definition) is 3. The summed E-state index contributed by atoms with van der Waals surface area (Å²) < 4.78 is 18.0. The first kappa shape index (κ1) is 13.2. The summed E-state index contributed by atoms with van der Waals surface area (Å²) in [5, 5.41) is 6.43. The standard InChI is InChI=1S/C12H21FN2O/c1-14-12-9-10(13)5-6-11(12)15-7-3-4-8-16-2/h5-6,12,14-15H,3-4,7-9H2,1-2H3. The number of halogens is 1. The third kappa shape index (κ3) is 4.33. The van der Waals surface area contributed by atoms with E-state index in [4.69, 9.17) is 4.74 Å². The predicted octanol–water partition coefficient (Wildman–Crippen LogP) is 1.73. The van der Waals surface area contributed by atoms with Crippen molar-refractivity contribution in [2.24, 2.45) is 0 Å². The van der Waals surface area contributed by atoms with E-state index in [9.17, 15) is 4.39 Å². The highest BCUT2D eigenvalue weighted by Crippen LogP contribution is 2.17. The van der Waals surface area contributed by atoms with Crippen LogP contribution in [0.2, 0.25) is 0 Å². The van der Waals surface area contributed by atoms with Crippen molar-refractivity contribution in [3.05, 3.63) is 23.7 Å². The van der Waals surface area contributed by atoms with Crippen molar-refractivity contribution in [1.29, 1.82) is 0 Å². The Labute approximate surface area is 96.7 Å². The van der Waals surface area contributed by atoms with Crippen molar-refractivity contribution >= 4 is 0 Å². The van der Waals surface area contributed by atoms with Crippen LogP contribution < -0.4 is 10.6 Å². The Morgan fingerprint density at radius 1 is 1.44 bits per heavy atom. The van der Waals surface area contributed by atoms with Crippen molar-refractivity contribution in [3.63, 3.8) is 0 Å². The number of likely N-dealkylation sites (N-methyl/N-ethyl adjacent to an activating group) is 1. The third-order valence-electron chi connectivity index (χ3n) is 2.67. The van der Waals surface area contributed by atoms with Crippen molar-refractivity contribution in [1.82, 2.24) is 10.6 Å². The molecular weight excluding hydrogens is 207 g/mol. The van der Waals surface area contributed by atoms with Crippen LogP contribution in [0.3, 0.4) is 0 Å². The fourth-order valence-corrected chi connectivity index (χ4v) is 1.71. The Morgan fingerprint density at radius 2 is 2.25 bits per heavy atom. The number of unbranched alkanes of at least 4 members (excludes halogenated alkanes) is 1. The summed E-state index contributed by atoms with van der Waals surface area (Å²) in [6.45, 7) is 1.70. The molecule has 1 aliphatic rings. The van der Waals surface area contributed by atoms with Crippen LogP contribution in [0, 0.1) is 0 Å². The summed E-state index contributed by atoms with van der Waals surface area (Å²) in [6.07, 6.45) is 5.90. The maximum absolute atomic E-state index is 13.0. The summed E-state index contributed by atoms with van der Waals surface area (Å²) in [6, 6.07) is 0.0763. The molecule has 0 aromatic rings. The molecule has 0 aromatic carbocycles. The first-order chi connectivity index (χ1) is 7.77. The fraction of sp³-hybridized carbons (Fsp3) is 0.667. The number of ether oxygens (including phenoxy) is 1. The molecule has 0 saturated carbocycles. The zero-order valence-electron chi connectivity index (χ0n) is 10.1. The summed E-state index contributed by atoms with van der Waals surface area (Å²) in [7, 11) is 3.56. The van der Waals surface area contributed by atoms with Gasteiger partial charge in [0.1, 0.15) is 5.83 Å². The number of rotatable bonds is 7. The van der Waals surface area contributed by atoms with Crippen LogP contribution in [0.4, 0.5) is 4.39 Å². The van der Waals surface area contributed by atoms with Gasteiger partial charge in [0.2, 0.25) is 0 Å².